The van der Waals surface area contributed by atoms with Crippen LogP contribution < -0.4 is 26.1 Å². The number of hydrogen-bond acceptors (Lipinski definition) is 7. The average molecular weight is 454 g/mol. The minimum atomic E-state index is -0.734. The van der Waals surface area contributed by atoms with Gasteiger partial charge in [-0.15, -0.1) is 0 Å². The molecule has 3 N–H and O–H groups in total. The molecule has 0 bridgehead atoms. The van der Waals surface area contributed by atoms with E-state index in [9.17, 15) is 19.2 Å². The summed E-state index contributed by atoms with van der Waals surface area (Å²) in [6.07, 6.45) is 0. The molecule has 0 saturated carbocycles. The zero-order valence-corrected chi connectivity index (χ0v) is 17.6. The Bertz CT molecular complexity index is 1360. The summed E-state index contributed by atoms with van der Waals surface area (Å²) in [5.41, 5.74) is 5.59. The molecule has 0 aliphatic carbocycles. The number of ketones is 1. The molecule has 9 nitrogen and oxygen atoms in total. The number of pyridine rings is 1. The van der Waals surface area contributed by atoms with Gasteiger partial charge < -0.3 is 15.2 Å². The maximum atomic E-state index is 13.4. The van der Waals surface area contributed by atoms with E-state index in [1.807, 2.05) is 0 Å². The van der Waals surface area contributed by atoms with Crippen LogP contribution in [0.4, 0.5) is 5.82 Å². The lowest BCUT2D eigenvalue weighted by Crippen LogP contribution is -2.26. The molecule has 2 amide bonds. The Morgan fingerprint density at radius 1 is 0.969 bits per heavy atom. The molecule has 2 heterocycles. The van der Waals surface area contributed by atoms with Crippen LogP contribution in [0.1, 0.15) is 36.6 Å². The average Bonchev–Trinajstić information content (AvgIpc) is 3.06. The highest BCUT2D eigenvalue weighted by molar-refractivity contribution is 6.30. The Morgan fingerprint density at radius 2 is 1.59 bits per heavy atom. The number of anilines is 1. The van der Waals surface area contributed by atoms with E-state index in [1.165, 1.54) is 38.5 Å². The zero-order chi connectivity index (χ0) is 23.2. The molecule has 1 aromatic heterocycles. The van der Waals surface area contributed by atoms with Gasteiger partial charge in [-0.2, -0.15) is 0 Å². The van der Waals surface area contributed by atoms with Gasteiger partial charge in [0.1, 0.15) is 5.82 Å². The Kier molecular flexibility index (Phi) is 5.19. The highest BCUT2D eigenvalue weighted by Crippen LogP contribution is 2.35. The Morgan fingerprint density at radius 3 is 2.22 bits per heavy atom. The predicted molar refractivity (Wildman–Crippen MR) is 116 cm³/mol. The molecule has 10 heteroatoms. The third-order valence-corrected chi connectivity index (χ3v) is 5.30. The van der Waals surface area contributed by atoms with Crippen LogP contribution in [0.5, 0.6) is 11.5 Å². The quantitative estimate of drug-likeness (QED) is 0.447. The molecule has 1 aliphatic rings. The number of nitrogens with zero attached hydrogens (tertiary/aromatic N) is 1. The van der Waals surface area contributed by atoms with E-state index in [0.29, 0.717) is 10.6 Å². The maximum absolute atomic E-state index is 13.4. The van der Waals surface area contributed by atoms with Crippen molar-refractivity contribution in [2.24, 2.45) is 0 Å². The first-order chi connectivity index (χ1) is 15.3. The number of nitrogens with two attached hydrogens (primary N) is 1. The number of rotatable bonds is 5. The van der Waals surface area contributed by atoms with Gasteiger partial charge in [0.2, 0.25) is 0 Å². The van der Waals surface area contributed by atoms with Crippen LogP contribution in [0.3, 0.4) is 0 Å². The number of carbonyl (C=O) groups is 3. The lowest BCUT2D eigenvalue weighted by molar-refractivity contribution is 0.0879. The number of fused-ring (bicyclic) bond motifs is 1. The van der Waals surface area contributed by atoms with Crippen molar-refractivity contribution >= 4 is 35.0 Å². The fraction of sp³-hybridized carbons (Fsp3) is 0.0909. The minimum Gasteiger partial charge on any atom is -0.493 e. The lowest BCUT2D eigenvalue weighted by Gasteiger charge is -2.18. The standard InChI is InChI=1S/C22H16ClN3O6/c1-31-15-7-12(19(28)10-3-5-11(23)6-4-10)14(9-16(15)32-2)26-17(27)8-13-18(20(26)24)22(30)25-21(13)29/h3-9H,24H2,1-2H3,(H,25,29,30). The van der Waals surface area contributed by atoms with E-state index in [1.54, 1.807) is 12.1 Å². The van der Waals surface area contributed by atoms with Crippen LogP contribution >= 0.6 is 11.6 Å². The molecule has 1 aliphatic heterocycles. The molecule has 0 unspecified atom stereocenters. The van der Waals surface area contributed by atoms with Gasteiger partial charge in [-0.1, -0.05) is 11.6 Å². The highest BCUT2D eigenvalue weighted by Gasteiger charge is 2.33. The number of ether oxygens (including phenoxy) is 2. The van der Waals surface area contributed by atoms with Crippen LogP contribution in [0, 0.1) is 0 Å². The van der Waals surface area contributed by atoms with Crippen LogP contribution in [-0.4, -0.2) is 36.4 Å². The number of imide groups is 1. The molecule has 0 radical (unpaired) electrons. The first kappa shape index (κ1) is 21.1. The summed E-state index contributed by atoms with van der Waals surface area (Å²) in [6, 6.07) is 10.00. The van der Waals surface area contributed by atoms with Crippen molar-refractivity contribution < 1.29 is 23.9 Å². The minimum absolute atomic E-state index is 0.0556. The van der Waals surface area contributed by atoms with Crippen LogP contribution in [0.2, 0.25) is 5.02 Å². The number of amides is 2. The summed E-state index contributed by atoms with van der Waals surface area (Å²) in [5.74, 6) is -1.72. The maximum Gasteiger partial charge on any atom is 0.262 e. The Labute approximate surface area is 186 Å². The third-order valence-electron chi connectivity index (χ3n) is 5.05. The number of methoxy groups -OCH3 is 2. The first-order valence-corrected chi connectivity index (χ1v) is 9.62. The van der Waals surface area contributed by atoms with E-state index >= 15 is 0 Å². The summed E-state index contributed by atoms with van der Waals surface area (Å²) < 4.78 is 11.6. The second-order valence-electron chi connectivity index (χ2n) is 6.84. The van der Waals surface area contributed by atoms with Gasteiger partial charge in [-0.25, -0.2) is 0 Å². The smallest absolute Gasteiger partial charge is 0.262 e. The van der Waals surface area contributed by atoms with Crippen LogP contribution in [-0.2, 0) is 0 Å². The van der Waals surface area contributed by atoms with Crippen molar-refractivity contribution in [3.05, 3.63) is 80.1 Å². The van der Waals surface area contributed by atoms with Crippen LogP contribution in [0.15, 0.2) is 47.3 Å². The number of aromatic nitrogens is 1. The van der Waals surface area contributed by atoms with Crippen LogP contribution in [0.25, 0.3) is 5.69 Å². The highest BCUT2D eigenvalue weighted by atomic mass is 35.5. The second-order valence-corrected chi connectivity index (χ2v) is 7.27. The summed E-state index contributed by atoms with van der Waals surface area (Å²) >= 11 is 5.92. The summed E-state index contributed by atoms with van der Waals surface area (Å²) in [4.78, 5) is 50.5. The van der Waals surface area contributed by atoms with Gasteiger partial charge >= 0.3 is 0 Å². The van der Waals surface area contributed by atoms with Gasteiger partial charge in [0.15, 0.2) is 17.3 Å². The molecule has 3 aromatic rings. The van der Waals surface area contributed by atoms with Crippen molar-refractivity contribution in [1.82, 2.24) is 9.88 Å². The van der Waals surface area contributed by atoms with E-state index in [-0.39, 0.29) is 39.7 Å². The van der Waals surface area contributed by atoms with Crippen molar-refractivity contribution in [3.63, 3.8) is 0 Å². The molecule has 0 spiro atoms. The third kappa shape index (κ3) is 3.28. The molecular weight excluding hydrogens is 438 g/mol. The molecule has 32 heavy (non-hydrogen) atoms. The summed E-state index contributed by atoms with van der Waals surface area (Å²) in [5, 5.41) is 2.55. The van der Waals surface area contributed by atoms with Gasteiger partial charge in [0.05, 0.1) is 36.6 Å². The lowest BCUT2D eigenvalue weighted by atomic mass is 10.00. The molecule has 0 fully saturated rings. The molecule has 0 atom stereocenters. The number of carbonyl (C=O) groups excluding carboxylic acids is 3. The van der Waals surface area contributed by atoms with E-state index in [0.717, 1.165) is 10.6 Å². The van der Waals surface area contributed by atoms with Gasteiger partial charge in [0, 0.05) is 22.7 Å². The molecule has 162 valence electrons. The van der Waals surface area contributed by atoms with Crippen molar-refractivity contribution in [3.8, 4) is 17.2 Å². The second kappa shape index (κ2) is 7.86. The van der Waals surface area contributed by atoms with E-state index in [2.05, 4.69) is 5.32 Å². The van der Waals surface area contributed by atoms with Gasteiger partial charge in [-0.05, 0) is 30.3 Å². The normalized spacial score (nSPS) is 12.3. The van der Waals surface area contributed by atoms with E-state index < -0.39 is 23.2 Å². The molecule has 2 aromatic carbocycles. The summed E-state index contributed by atoms with van der Waals surface area (Å²) in [7, 11) is 2.79. The zero-order valence-electron chi connectivity index (χ0n) is 16.9. The van der Waals surface area contributed by atoms with Crippen molar-refractivity contribution in [2.75, 3.05) is 20.0 Å². The SMILES string of the molecule is COc1cc(C(=O)c2ccc(Cl)cc2)c(-n2c(N)c3c(cc2=O)C(=O)NC3=O)cc1OC. The number of hydrogen-bond donors (Lipinski definition) is 2. The van der Waals surface area contributed by atoms with E-state index in [4.69, 9.17) is 26.8 Å². The first-order valence-electron chi connectivity index (χ1n) is 9.24. The largest absolute Gasteiger partial charge is 0.493 e. The molecule has 4 rings (SSSR count). The monoisotopic (exact) mass is 453 g/mol. The molecular formula is C22H16ClN3O6. The fourth-order valence-electron chi connectivity index (χ4n) is 3.52. The number of benzene rings is 2. The van der Waals surface area contributed by atoms with Crippen molar-refractivity contribution in [2.45, 2.75) is 0 Å². The number of halogens is 1. The Hall–Kier alpha value is -4.11. The van der Waals surface area contributed by atoms with Gasteiger partial charge in [-0.3, -0.25) is 29.1 Å². The predicted octanol–water partition coefficient (Wildman–Crippen LogP) is 2.20. The number of nitrogens with one attached hydrogen (secondary N) is 1. The summed E-state index contributed by atoms with van der Waals surface area (Å²) in [6.45, 7) is 0. The Balaban J connectivity index is 2.03. The van der Waals surface area contributed by atoms with Crippen molar-refractivity contribution in [1.29, 1.82) is 0 Å². The molecule has 0 saturated heterocycles. The fourth-order valence-corrected chi connectivity index (χ4v) is 3.65. The van der Waals surface area contributed by atoms with Gasteiger partial charge in [0.25, 0.3) is 17.4 Å². The topological polar surface area (TPSA) is 130 Å². The number of nitrogen functional groups attached to an aromatic ring is 1.